The van der Waals surface area contributed by atoms with Crippen LogP contribution in [-0.2, 0) is 4.79 Å². The van der Waals surface area contributed by atoms with Gasteiger partial charge in [-0.15, -0.1) is 0 Å². The second kappa shape index (κ2) is 6.70. The Balaban J connectivity index is 2.10. The number of ether oxygens (including phenoxy) is 1. The maximum atomic E-state index is 13.1. The molecule has 1 saturated carbocycles. The van der Waals surface area contributed by atoms with Crippen molar-refractivity contribution in [2.75, 3.05) is 19.0 Å². The molecule has 2 atom stereocenters. The van der Waals surface area contributed by atoms with Gasteiger partial charge in [-0.25, -0.2) is 4.39 Å². The van der Waals surface area contributed by atoms with Crippen molar-refractivity contribution in [2.24, 2.45) is 17.6 Å². The maximum absolute atomic E-state index is 13.1. The molecule has 0 radical (unpaired) electrons. The van der Waals surface area contributed by atoms with Gasteiger partial charge < -0.3 is 15.8 Å². The van der Waals surface area contributed by atoms with Crippen LogP contribution in [0.4, 0.5) is 10.1 Å². The SMILES string of the molecule is COc1cc(F)ccc1NC(=O)C1CCCCC1CN. The standard InChI is InChI=1S/C15H21FN2O2/c1-20-14-8-11(16)6-7-13(14)18-15(19)12-5-3-2-4-10(12)9-17/h6-8,10,12H,2-5,9,17H2,1H3,(H,18,19). The molecule has 0 heterocycles. The minimum Gasteiger partial charge on any atom is -0.494 e. The van der Waals surface area contributed by atoms with Crippen LogP contribution in [0.15, 0.2) is 18.2 Å². The molecule has 1 aromatic rings. The third kappa shape index (κ3) is 3.28. The molecule has 1 amide bonds. The third-order valence-corrected chi connectivity index (χ3v) is 3.97. The maximum Gasteiger partial charge on any atom is 0.227 e. The van der Waals surface area contributed by atoms with Crippen LogP contribution in [0.5, 0.6) is 5.75 Å². The number of benzene rings is 1. The van der Waals surface area contributed by atoms with Gasteiger partial charge >= 0.3 is 0 Å². The number of methoxy groups -OCH3 is 1. The van der Waals surface area contributed by atoms with E-state index in [1.165, 1.54) is 25.3 Å². The van der Waals surface area contributed by atoms with E-state index in [2.05, 4.69) is 5.32 Å². The fourth-order valence-corrected chi connectivity index (χ4v) is 2.83. The van der Waals surface area contributed by atoms with E-state index in [9.17, 15) is 9.18 Å². The summed E-state index contributed by atoms with van der Waals surface area (Å²) in [6, 6.07) is 4.09. The lowest BCUT2D eigenvalue weighted by atomic mass is 9.78. The van der Waals surface area contributed by atoms with Gasteiger partial charge in [-0.2, -0.15) is 0 Å². The molecule has 1 aliphatic carbocycles. The van der Waals surface area contributed by atoms with Crippen molar-refractivity contribution in [1.29, 1.82) is 0 Å². The lowest BCUT2D eigenvalue weighted by Crippen LogP contribution is -2.35. The number of carbonyl (C=O) groups is 1. The van der Waals surface area contributed by atoms with E-state index in [0.717, 1.165) is 25.7 Å². The van der Waals surface area contributed by atoms with Crippen molar-refractivity contribution in [3.63, 3.8) is 0 Å². The zero-order valence-electron chi connectivity index (χ0n) is 11.7. The molecular weight excluding hydrogens is 259 g/mol. The normalized spacial score (nSPS) is 22.4. The predicted octanol–water partition coefficient (Wildman–Crippen LogP) is 2.54. The molecule has 4 nitrogen and oxygen atoms in total. The topological polar surface area (TPSA) is 64.3 Å². The fraction of sp³-hybridized carbons (Fsp3) is 0.533. The van der Waals surface area contributed by atoms with Crippen molar-refractivity contribution in [3.05, 3.63) is 24.0 Å². The second-order valence-corrected chi connectivity index (χ2v) is 5.22. The van der Waals surface area contributed by atoms with Crippen molar-refractivity contribution < 1.29 is 13.9 Å². The van der Waals surface area contributed by atoms with E-state index < -0.39 is 5.82 Å². The summed E-state index contributed by atoms with van der Waals surface area (Å²) in [6.45, 7) is 0.526. The molecule has 110 valence electrons. The Kier molecular flexibility index (Phi) is 4.95. The van der Waals surface area contributed by atoms with Gasteiger partial charge in [-0.3, -0.25) is 4.79 Å². The second-order valence-electron chi connectivity index (χ2n) is 5.22. The third-order valence-electron chi connectivity index (χ3n) is 3.97. The summed E-state index contributed by atoms with van der Waals surface area (Å²) < 4.78 is 18.2. The smallest absolute Gasteiger partial charge is 0.227 e. The number of hydrogen-bond acceptors (Lipinski definition) is 3. The van der Waals surface area contributed by atoms with Gasteiger partial charge in [0.25, 0.3) is 0 Å². The highest BCUT2D eigenvalue weighted by molar-refractivity contribution is 5.94. The zero-order chi connectivity index (χ0) is 14.5. The van der Waals surface area contributed by atoms with Gasteiger partial charge in [0.15, 0.2) is 0 Å². The number of nitrogens with one attached hydrogen (secondary N) is 1. The molecule has 2 unspecified atom stereocenters. The molecule has 0 spiro atoms. The van der Waals surface area contributed by atoms with Gasteiger partial charge in [0, 0.05) is 12.0 Å². The lowest BCUT2D eigenvalue weighted by molar-refractivity contribution is -0.122. The molecule has 1 fully saturated rings. The molecular formula is C15H21FN2O2. The summed E-state index contributed by atoms with van der Waals surface area (Å²) in [4.78, 5) is 12.4. The van der Waals surface area contributed by atoms with Gasteiger partial charge in [0.1, 0.15) is 11.6 Å². The number of nitrogens with two attached hydrogens (primary N) is 1. The molecule has 5 heteroatoms. The number of hydrogen-bond donors (Lipinski definition) is 2. The van der Waals surface area contributed by atoms with E-state index in [-0.39, 0.29) is 17.7 Å². The van der Waals surface area contributed by atoms with Crippen LogP contribution in [0.3, 0.4) is 0 Å². The van der Waals surface area contributed by atoms with Crippen molar-refractivity contribution in [1.82, 2.24) is 0 Å². The van der Waals surface area contributed by atoms with Crippen molar-refractivity contribution in [2.45, 2.75) is 25.7 Å². The van der Waals surface area contributed by atoms with E-state index >= 15 is 0 Å². The van der Waals surface area contributed by atoms with E-state index in [4.69, 9.17) is 10.5 Å². The molecule has 1 aromatic carbocycles. The van der Waals surface area contributed by atoms with E-state index in [1.54, 1.807) is 0 Å². The van der Waals surface area contributed by atoms with Crippen molar-refractivity contribution in [3.8, 4) is 5.75 Å². The number of carbonyl (C=O) groups excluding carboxylic acids is 1. The van der Waals surface area contributed by atoms with Crippen LogP contribution in [-0.4, -0.2) is 19.6 Å². The Morgan fingerprint density at radius 1 is 1.45 bits per heavy atom. The first-order valence-corrected chi connectivity index (χ1v) is 7.00. The number of halogens is 1. The quantitative estimate of drug-likeness (QED) is 0.890. The summed E-state index contributed by atoms with van der Waals surface area (Å²) in [5, 5.41) is 2.84. The van der Waals surface area contributed by atoms with Gasteiger partial charge in [0.2, 0.25) is 5.91 Å². The summed E-state index contributed by atoms with van der Waals surface area (Å²) in [6.07, 6.45) is 4.03. The predicted molar refractivity (Wildman–Crippen MR) is 76.1 cm³/mol. The van der Waals surface area contributed by atoms with Crippen LogP contribution < -0.4 is 15.8 Å². The number of amides is 1. The van der Waals surface area contributed by atoms with Crippen LogP contribution in [0.25, 0.3) is 0 Å². The van der Waals surface area contributed by atoms with Crippen LogP contribution in [0.2, 0.25) is 0 Å². The summed E-state index contributed by atoms with van der Waals surface area (Å²) in [7, 11) is 1.45. The van der Waals surface area contributed by atoms with E-state index in [0.29, 0.717) is 18.0 Å². The van der Waals surface area contributed by atoms with Gasteiger partial charge in [0.05, 0.1) is 12.8 Å². The van der Waals surface area contributed by atoms with Gasteiger partial charge in [-0.1, -0.05) is 12.8 Å². The molecule has 1 aliphatic rings. The van der Waals surface area contributed by atoms with Crippen LogP contribution in [0, 0.1) is 17.7 Å². The Morgan fingerprint density at radius 2 is 2.20 bits per heavy atom. The first-order chi connectivity index (χ1) is 9.65. The molecule has 20 heavy (non-hydrogen) atoms. The molecule has 3 N–H and O–H groups in total. The molecule has 0 bridgehead atoms. The summed E-state index contributed by atoms with van der Waals surface area (Å²) in [5.41, 5.74) is 6.25. The highest BCUT2D eigenvalue weighted by atomic mass is 19.1. The monoisotopic (exact) mass is 280 g/mol. The van der Waals surface area contributed by atoms with Gasteiger partial charge in [-0.05, 0) is 37.4 Å². The Hall–Kier alpha value is -1.62. The zero-order valence-corrected chi connectivity index (χ0v) is 11.7. The minimum absolute atomic E-state index is 0.0509. The Morgan fingerprint density at radius 3 is 2.90 bits per heavy atom. The Bertz CT molecular complexity index is 479. The highest BCUT2D eigenvalue weighted by Gasteiger charge is 2.30. The lowest BCUT2D eigenvalue weighted by Gasteiger charge is -2.29. The van der Waals surface area contributed by atoms with Crippen LogP contribution >= 0.6 is 0 Å². The minimum atomic E-state index is -0.391. The summed E-state index contributed by atoms with van der Waals surface area (Å²) in [5.74, 6) is 0.0552. The first-order valence-electron chi connectivity index (χ1n) is 7.00. The molecule has 0 aliphatic heterocycles. The fourth-order valence-electron chi connectivity index (χ4n) is 2.83. The molecule has 0 saturated heterocycles. The van der Waals surface area contributed by atoms with Crippen LogP contribution in [0.1, 0.15) is 25.7 Å². The van der Waals surface area contributed by atoms with E-state index in [1.807, 2.05) is 0 Å². The average molecular weight is 280 g/mol. The van der Waals surface area contributed by atoms with Crippen molar-refractivity contribution >= 4 is 11.6 Å². The Labute approximate surface area is 118 Å². The highest BCUT2D eigenvalue weighted by Crippen LogP contribution is 2.32. The molecule has 2 rings (SSSR count). The average Bonchev–Trinajstić information content (AvgIpc) is 2.48. The summed E-state index contributed by atoms with van der Waals surface area (Å²) >= 11 is 0. The number of anilines is 1. The molecule has 0 aromatic heterocycles. The largest absolute Gasteiger partial charge is 0.494 e. The number of rotatable bonds is 4. The first kappa shape index (κ1) is 14.8.